The number of rotatable bonds is 0. The summed E-state index contributed by atoms with van der Waals surface area (Å²) in [5, 5.41) is 9.75. The molecule has 0 radical (unpaired) electrons. The van der Waals surface area contributed by atoms with Crippen LogP contribution >= 0.6 is 0 Å². The van der Waals surface area contributed by atoms with Gasteiger partial charge in [-0.2, -0.15) is 0 Å². The molecule has 0 aromatic heterocycles. The molecular formula is C2H8N4O2. The quantitative estimate of drug-likeness (QED) is 0.0950. The van der Waals surface area contributed by atoms with Crippen molar-refractivity contribution in [1.82, 2.24) is 0 Å². The van der Waals surface area contributed by atoms with E-state index in [-0.39, 0.29) is 12.4 Å². The zero-order valence-corrected chi connectivity index (χ0v) is 4.11. The van der Waals surface area contributed by atoms with Crippen molar-refractivity contribution in [1.29, 1.82) is 0 Å². The lowest BCUT2D eigenvalue weighted by Crippen LogP contribution is -2.23. The summed E-state index contributed by atoms with van der Waals surface area (Å²) in [7, 11) is 0. The van der Waals surface area contributed by atoms with Gasteiger partial charge in [0, 0.05) is 0 Å². The van der Waals surface area contributed by atoms with E-state index in [1.54, 1.807) is 0 Å². The van der Waals surface area contributed by atoms with E-state index in [2.05, 4.69) is 10.9 Å². The normalized spacial score (nSPS) is 5.50. The van der Waals surface area contributed by atoms with Gasteiger partial charge in [-0.3, -0.25) is 4.79 Å². The Kier molecular flexibility index (Phi) is 11.1. The van der Waals surface area contributed by atoms with Crippen molar-refractivity contribution in [2.45, 2.75) is 0 Å². The van der Waals surface area contributed by atoms with E-state index in [1.807, 2.05) is 0 Å². The Morgan fingerprint density at radius 3 is 1.75 bits per heavy atom. The van der Waals surface area contributed by atoms with Crippen LogP contribution in [0.4, 0.5) is 0 Å². The standard InChI is InChI=1S/CH6N4.CH2O2/c2-1(3)5-4;2-1-3/h4H2,(H4,2,3,5);1H,(H,2,3). The summed E-state index contributed by atoms with van der Waals surface area (Å²) in [5.41, 5.74) is 9.39. The number of hydrogen-bond acceptors (Lipinski definition) is 3. The molecular weight excluding hydrogens is 112 g/mol. The van der Waals surface area contributed by atoms with Gasteiger partial charge in [-0.1, -0.05) is 0 Å². The van der Waals surface area contributed by atoms with Crippen molar-refractivity contribution in [2.75, 3.05) is 0 Å². The maximum absolute atomic E-state index is 8.36. The molecule has 0 bridgehead atoms. The van der Waals surface area contributed by atoms with E-state index in [1.165, 1.54) is 0 Å². The fourth-order valence-corrected chi connectivity index (χ4v) is 0. The molecule has 0 fully saturated rings. The molecule has 0 amide bonds. The van der Waals surface area contributed by atoms with Gasteiger partial charge in [0.25, 0.3) is 6.47 Å². The van der Waals surface area contributed by atoms with E-state index < -0.39 is 0 Å². The summed E-state index contributed by atoms with van der Waals surface area (Å²) < 4.78 is 0. The summed E-state index contributed by atoms with van der Waals surface area (Å²) in [6, 6.07) is 0. The number of carboxylic acid groups (broad SMARTS) is 1. The molecule has 0 aromatic carbocycles. The first-order chi connectivity index (χ1) is 3.68. The molecule has 8 heavy (non-hydrogen) atoms. The van der Waals surface area contributed by atoms with Crippen LogP contribution in [0.5, 0.6) is 0 Å². The third-order valence-electron chi connectivity index (χ3n) is 0.149. The molecule has 6 heteroatoms. The zero-order chi connectivity index (χ0) is 6.99. The van der Waals surface area contributed by atoms with Crippen molar-refractivity contribution >= 4 is 12.4 Å². The van der Waals surface area contributed by atoms with Gasteiger partial charge in [-0.05, 0) is 0 Å². The van der Waals surface area contributed by atoms with Gasteiger partial charge in [0.2, 0.25) is 5.96 Å². The third kappa shape index (κ3) is 195. The van der Waals surface area contributed by atoms with Gasteiger partial charge < -0.3 is 22.4 Å². The van der Waals surface area contributed by atoms with Crippen molar-refractivity contribution in [3.63, 3.8) is 0 Å². The summed E-state index contributed by atoms with van der Waals surface area (Å²) in [6.45, 7) is -0.250. The molecule has 0 aliphatic rings. The first-order valence-corrected chi connectivity index (χ1v) is 1.55. The van der Waals surface area contributed by atoms with Crippen LogP contribution in [0.25, 0.3) is 0 Å². The SMILES string of the molecule is NN=C(N)N.O=CO. The minimum absolute atomic E-state index is 0.0926. The highest BCUT2D eigenvalue weighted by Crippen LogP contribution is 1.31. The Morgan fingerprint density at radius 1 is 1.62 bits per heavy atom. The average Bonchev–Trinajstić information content (AvgIpc) is 1.69. The lowest BCUT2D eigenvalue weighted by Gasteiger charge is -1.76. The Labute approximate surface area is 46.0 Å². The molecule has 6 nitrogen and oxygen atoms in total. The number of hydrogen-bond donors (Lipinski definition) is 4. The van der Waals surface area contributed by atoms with E-state index in [0.717, 1.165) is 0 Å². The van der Waals surface area contributed by atoms with Crippen LogP contribution in [0, 0.1) is 0 Å². The number of nitrogens with two attached hydrogens (primary N) is 3. The van der Waals surface area contributed by atoms with Gasteiger partial charge in [-0.25, -0.2) is 0 Å². The van der Waals surface area contributed by atoms with E-state index in [9.17, 15) is 0 Å². The lowest BCUT2D eigenvalue weighted by molar-refractivity contribution is -0.122. The van der Waals surface area contributed by atoms with Crippen LogP contribution in [0.3, 0.4) is 0 Å². The number of carbonyl (C=O) groups is 1. The monoisotopic (exact) mass is 120 g/mol. The predicted octanol–water partition coefficient (Wildman–Crippen LogP) is -2.17. The number of guanidine groups is 1. The van der Waals surface area contributed by atoms with Crippen LogP contribution in [0.1, 0.15) is 0 Å². The van der Waals surface area contributed by atoms with Crippen molar-refractivity contribution in [3.8, 4) is 0 Å². The van der Waals surface area contributed by atoms with Crippen molar-refractivity contribution < 1.29 is 9.90 Å². The van der Waals surface area contributed by atoms with Gasteiger partial charge in [-0.15, -0.1) is 5.10 Å². The topological polar surface area (TPSA) is 128 Å². The third-order valence-corrected chi connectivity index (χ3v) is 0.149. The molecule has 0 saturated heterocycles. The summed E-state index contributed by atoms with van der Waals surface area (Å²) in [4.78, 5) is 8.36. The Bertz CT molecular complexity index is 76.1. The van der Waals surface area contributed by atoms with Gasteiger partial charge >= 0.3 is 0 Å². The minimum atomic E-state index is -0.250. The van der Waals surface area contributed by atoms with Crippen LogP contribution in [-0.4, -0.2) is 17.5 Å². The van der Waals surface area contributed by atoms with E-state index in [4.69, 9.17) is 21.4 Å². The van der Waals surface area contributed by atoms with E-state index >= 15 is 0 Å². The molecule has 0 heterocycles. The molecule has 0 rings (SSSR count). The molecule has 0 aromatic rings. The van der Waals surface area contributed by atoms with E-state index in [0.29, 0.717) is 0 Å². The van der Waals surface area contributed by atoms with Crippen LogP contribution in [0.15, 0.2) is 5.10 Å². The molecule has 0 saturated carbocycles. The summed E-state index contributed by atoms with van der Waals surface area (Å²) >= 11 is 0. The second-order valence-electron chi connectivity index (χ2n) is 0.659. The smallest absolute Gasteiger partial charge is 0.290 e. The lowest BCUT2D eigenvalue weighted by atomic mass is 11.1. The van der Waals surface area contributed by atoms with Crippen LogP contribution in [0.2, 0.25) is 0 Å². The highest BCUT2D eigenvalue weighted by atomic mass is 16.3. The van der Waals surface area contributed by atoms with Crippen LogP contribution < -0.4 is 17.3 Å². The summed E-state index contributed by atoms with van der Waals surface area (Å²) in [6.07, 6.45) is 0. The second-order valence-corrected chi connectivity index (χ2v) is 0.659. The minimum Gasteiger partial charge on any atom is -0.483 e. The highest BCUT2D eigenvalue weighted by molar-refractivity contribution is 5.75. The van der Waals surface area contributed by atoms with Gasteiger partial charge in [0.1, 0.15) is 0 Å². The first-order valence-electron chi connectivity index (χ1n) is 1.55. The molecule has 7 N–H and O–H groups in total. The molecule has 48 valence electrons. The maximum Gasteiger partial charge on any atom is 0.290 e. The molecule has 0 aliphatic carbocycles. The van der Waals surface area contributed by atoms with Crippen molar-refractivity contribution in [3.05, 3.63) is 0 Å². The number of nitrogens with zero attached hydrogens (tertiary/aromatic N) is 1. The first kappa shape index (κ1) is 9.74. The molecule has 0 spiro atoms. The zero-order valence-electron chi connectivity index (χ0n) is 4.11. The second kappa shape index (κ2) is 9.11. The maximum atomic E-state index is 8.36. The molecule has 0 atom stereocenters. The largest absolute Gasteiger partial charge is 0.483 e. The highest BCUT2D eigenvalue weighted by Gasteiger charge is 1.62. The van der Waals surface area contributed by atoms with Gasteiger partial charge in [0.05, 0.1) is 0 Å². The Balaban J connectivity index is 0. The molecule has 0 unspecified atom stereocenters. The fraction of sp³-hybridized carbons (Fsp3) is 0. The summed E-state index contributed by atoms with van der Waals surface area (Å²) in [5.74, 6) is 4.42. The van der Waals surface area contributed by atoms with Gasteiger partial charge in [0.15, 0.2) is 0 Å². The average molecular weight is 120 g/mol. The molecule has 0 aliphatic heterocycles. The fourth-order valence-electron chi connectivity index (χ4n) is 0. The van der Waals surface area contributed by atoms with Crippen LogP contribution in [-0.2, 0) is 4.79 Å². The van der Waals surface area contributed by atoms with Crippen molar-refractivity contribution in [2.24, 2.45) is 22.4 Å². The Hall–Kier alpha value is -1.46. The predicted molar refractivity (Wildman–Crippen MR) is 28.7 cm³/mol. The number of hydrazone groups is 1. The Morgan fingerprint density at radius 2 is 1.75 bits per heavy atom.